The summed E-state index contributed by atoms with van der Waals surface area (Å²) in [6.45, 7) is 5.50. The van der Waals surface area contributed by atoms with Crippen molar-refractivity contribution in [2.45, 2.75) is 140 Å². The number of hydrazine groups is 1. The molecule has 31 nitrogen and oxygen atoms in total. The summed E-state index contributed by atoms with van der Waals surface area (Å²) < 4.78 is 0. The third-order valence-electron chi connectivity index (χ3n) is 14.9. The lowest BCUT2D eigenvalue weighted by Gasteiger charge is -2.31. The van der Waals surface area contributed by atoms with E-state index < -0.39 is 138 Å². The highest BCUT2D eigenvalue weighted by molar-refractivity contribution is 5.99. The van der Waals surface area contributed by atoms with Crippen LogP contribution in [0.25, 0.3) is 10.9 Å². The van der Waals surface area contributed by atoms with E-state index in [2.05, 4.69) is 63.3 Å². The van der Waals surface area contributed by atoms with Crippen molar-refractivity contribution in [3.63, 3.8) is 0 Å². The third kappa shape index (κ3) is 22.9. The second kappa shape index (κ2) is 35.6. The number of phenolic OH excluding ortho intramolecular Hbond substituents is 1. The number of aliphatic hydroxyl groups is 2. The number of nitrogens with one attached hydrogen (secondary N) is 11. The van der Waals surface area contributed by atoms with Crippen LogP contribution in [0.15, 0.2) is 90.1 Å². The number of phenols is 1. The van der Waals surface area contributed by atoms with Gasteiger partial charge in [0.2, 0.25) is 53.2 Å². The Morgan fingerprint density at radius 1 is 0.717 bits per heavy atom. The van der Waals surface area contributed by atoms with E-state index in [0.29, 0.717) is 17.5 Å². The fourth-order valence-corrected chi connectivity index (χ4v) is 10.3. The smallest absolute Gasteiger partial charge is 0.329 e. The summed E-state index contributed by atoms with van der Waals surface area (Å²) in [6.07, 6.45) is -1.95. The predicted octanol–water partition coefficient (Wildman–Crippen LogP) is -3.48. The third-order valence-corrected chi connectivity index (χ3v) is 14.9. The molecule has 20 N–H and O–H groups in total. The highest BCUT2D eigenvalue weighted by Crippen LogP contribution is 2.23. The van der Waals surface area contributed by atoms with Crippen molar-refractivity contribution in [3.05, 3.63) is 102 Å². The van der Waals surface area contributed by atoms with Gasteiger partial charge in [-0.15, -0.1) is 0 Å². The van der Waals surface area contributed by atoms with Gasteiger partial charge in [-0.2, -0.15) is 0 Å². The molecule has 4 aromatic rings. The number of aliphatic hydroxyl groups excluding tert-OH is 2. The van der Waals surface area contributed by atoms with Gasteiger partial charge in [-0.3, -0.25) is 63.7 Å². The second-order valence-corrected chi connectivity index (χ2v) is 22.9. The number of primary amides is 2. The maximum absolute atomic E-state index is 14.1. The summed E-state index contributed by atoms with van der Waals surface area (Å²) >= 11 is 0. The Morgan fingerprint density at radius 2 is 1.34 bits per heavy atom. The number of Topliss-reactive ketones (excluding diaryl/α,β-unsaturated/α-hetero) is 1. The Kier molecular flexibility index (Phi) is 28.3. The maximum Gasteiger partial charge on any atom is 0.329 e. The Labute approximate surface area is 531 Å². The van der Waals surface area contributed by atoms with Gasteiger partial charge < -0.3 is 84.9 Å². The molecule has 0 radical (unpaired) electrons. The number of carbonyl (C=O) groups is 11. The minimum Gasteiger partial charge on any atom is -0.508 e. The number of hydrogen-bond acceptors (Lipinski definition) is 17. The maximum atomic E-state index is 14.1. The van der Waals surface area contributed by atoms with Gasteiger partial charge in [0.05, 0.1) is 37.9 Å². The summed E-state index contributed by atoms with van der Waals surface area (Å²) in [7, 11) is 2.95. The molecule has 0 bridgehead atoms. The minimum absolute atomic E-state index is 0.0414. The molecule has 2 heterocycles. The number of ketones is 1. The van der Waals surface area contributed by atoms with E-state index in [1.54, 1.807) is 36.5 Å². The molecule has 5 rings (SSSR count). The first kappa shape index (κ1) is 73.0. The molecular formula is C61H87N17O14. The number of para-hydroxylation sites is 1. The van der Waals surface area contributed by atoms with Crippen LogP contribution in [-0.4, -0.2) is 202 Å². The number of benzene rings is 3. The van der Waals surface area contributed by atoms with Gasteiger partial charge in [0.15, 0.2) is 11.7 Å². The van der Waals surface area contributed by atoms with E-state index in [4.69, 9.17) is 17.2 Å². The van der Waals surface area contributed by atoms with Crippen molar-refractivity contribution in [1.82, 2.24) is 68.2 Å². The number of H-pyrrole nitrogens is 1. The average Bonchev–Trinajstić information content (AvgIpc) is 1.65. The average molecular weight is 1280 g/mol. The lowest BCUT2D eigenvalue weighted by Crippen LogP contribution is -2.62. The summed E-state index contributed by atoms with van der Waals surface area (Å²) in [5.74, 6) is -8.62. The van der Waals surface area contributed by atoms with Crippen molar-refractivity contribution < 1.29 is 68.1 Å². The topological polar surface area (TPSA) is 481 Å². The van der Waals surface area contributed by atoms with Crippen LogP contribution >= 0.6 is 0 Å². The van der Waals surface area contributed by atoms with Crippen molar-refractivity contribution in [2.75, 3.05) is 40.4 Å². The van der Waals surface area contributed by atoms with E-state index in [0.717, 1.165) is 28.3 Å². The number of hydrogen-bond donors (Lipinski definition) is 17. The molecule has 0 aliphatic carbocycles. The standard InChI is InChI=1S/C61H87N17O14/c1-33(2)25-45(55(87)70-42(17-12-23-67-60(64)65-5)54(86)72-44(53(63)85)28-38-30-68-41-16-11-10-15-40(38)41)74-61(92)76-77(6)32-66-31-49(83)43(26-36-13-8-7-9-14-36)71-57(89)51(34(3)79)75-56(88)46(29-50(62)84)73-58(90)52-48(82)22-24-78(52)59(91)47(69-35(4)80)27-37-18-20-39(81)21-19-37/h7-11,13-16,18-21,30,33-34,42-48,51-52,66,68,79,81-82H,12,17,22-29,31-32H2,1-6H3,(H2,62,84)(H2,63,85)(H,69,80)(H,70,87)(H,71,89)(H,72,86)(H,73,90)(H,75,88)(H3,64,65,67)(H2,74,76,92)/t34-,42+,43+,44+,45+,46+,47-,48?,51+,52+/m1/s1. The molecule has 1 aromatic heterocycles. The quantitative estimate of drug-likeness (QED) is 0.00699. The normalized spacial score (nSPS) is 16.5. The van der Waals surface area contributed by atoms with Crippen LogP contribution in [0.2, 0.25) is 0 Å². The molecule has 11 amide bonds. The monoisotopic (exact) mass is 1280 g/mol. The molecule has 1 fully saturated rings. The first-order valence-corrected chi connectivity index (χ1v) is 30.0. The molecule has 92 heavy (non-hydrogen) atoms. The first-order valence-electron chi connectivity index (χ1n) is 30.0. The number of nitrogens with zero attached hydrogens (tertiary/aromatic N) is 3. The summed E-state index contributed by atoms with van der Waals surface area (Å²) in [6, 6.07) is 9.53. The second-order valence-electron chi connectivity index (χ2n) is 22.9. The van der Waals surface area contributed by atoms with Crippen LogP contribution in [0.4, 0.5) is 4.79 Å². The molecule has 0 saturated carbocycles. The van der Waals surface area contributed by atoms with Crippen molar-refractivity contribution in [2.24, 2.45) is 28.1 Å². The van der Waals surface area contributed by atoms with Crippen molar-refractivity contribution in [3.8, 4) is 5.75 Å². The number of nitrogens with two attached hydrogens (primary N) is 3. The zero-order valence-corrected chi connectivity index (χ0v) is 52.3. The molecule has 10 atom stereocenters. The van der Waals surface area contributed by atoms with Gasteiger partial charge in [0, 0.05) is 64.1 Å². The number of urea groups is 1. The molecule has 1 aliphatic rings. The highest BCUT2D eigenvalue weighted by Gasteiger charge is 2.45. The van der Waals surface area contributed by atoms with Crippen LogP contribution in [-0.2, 0) is 67.2 Å². The lowest BCUT2D eigenvalue weighted by atomic mass is 10.0. The minimum atomic E-state index is -1.83. The molecule has 1 saturated heterocycles. The van der Waals surface area contributed by atoms with Crippen LogP contribution in [0.3, 0.4) is 0 Å². The number of aromatic hydroxyl groups is 1. The number of aliphatic imine (C=N–C) groups is 1. The molecule has 1 unspecified atom stereocenters. The summed E-state index contributed by atoms with van der Waals surface area (Å²) in [5, 5.41) is 57.4. The molecule has 3 aromatic carbocycles. The number of rotatable bonds is 35. The van der Waals surface area contributed by atoms with Crippen LogP contribution < -0.4 is 70.5 Å². The van der Waals surface area contributed by atoms with Gasteiger partial charge in [-0.05, 0) is 79.8 Å². The van der Waals surface area contributed by atoms with Gasteiger partial charge in [0.25, 0.3) is 0 Å². The largest absolute Gasteiger partial charge is 0.508 e. The Balaban J connectivity index is 1.22. The lowest BCUT2D eigenvalue weighted by molar-refractivity contribution is -0.144. The van der Waals surface area contributed by atoms with E-state index in [9.17, 15) is 68.1 Å². The van der Waals surface area contributed by atoms with Crippen molar-refractivity contribution >= 4 is 81.8 Å². The number of carbonyl (C=O) groups excluding carboxylic acids is 11. The molecular weight excluding hydrogens is 1190 g/mol. The van der Waals surface area contributed by atoms with E-state index in [-0.39, 0.29) is 75.9 Å². The van der Waals surface area contributed by atoms with Gasteiger partial charge in [-0.25, -0.2) is 9.80 Å². The van der Waals surface area contributed by atoms with Crippen LogP contribution in [0.1, 0.15) is 76.5 Å². The van der Waals surface area contributed by atoms with E-state index in [1.807, 2.05) is 38.1 Å². The molecule has 0 spiro atoms. The zero-order valence-electron chi connectivity index (χ0n) is 52.3. The predicted molar refractivity (Wildman–Crippen MR) is 337 cm³/mol. The molecule has 1 aliphatic heterocycles. The number of fused-ring (bicyclic) bond motifs is 1. The Morgan fingerprint density at radius 3 is 1.98 bits per heavy atom. The van der Waals surface area contributed by atoms with Crippen LogP contribution in [0, 0.1) is 5.92 Å². The highest BCUT2D eigenvalue weighted by atomic mass is 16.3. The summed E-state index contributed by atoms with van der Waals surface area (Å²) in [4.78, 5) is 157. The Hall–Kier alpha value is -9.72. The fourth-order valence-electron chi connectivity index (χ4n) is 10.3. The van der Waals surface area contributed by atoms with E-state index in [1.165, 1.54) is 50.3 Å². The SMILES string of the molecule is CN=C(N)NCCC[C@H](NC(=O)[C@H](CC(C)C)NC(=O)NN(C)CNCC(=O)[C@H](Cc1ccccc1)NC(=O)[C@@H](NC(=O)[C@H](CC(N)=O)NC(=O)[C@@H]1C(O)CCN1C(=O)[C@@H](Cc1ccc(O)cc1)NC(C)=O)[C@@H](C)O)C(=O)N[C@@H](Cc1c[nH]c2ccccc12)C(N)=O. The Bertz CT molecular complexity index is 3240. The number of likely N-dealkylation sites (tertiary alicyclic amines) is 1. The van der Waals surface area contributed by atoms with Gasteiger partial charge in [0.1, 0.15) is 48.0 Å². The molecule has 500 valence electrons. The fraction of sp³-hybridized carbons (Fsp3) is 0.475. The number of guanidine groups is 1. The van der Waals surface area contributed by atoms with Gasteiger partial charge in [-0.1, -0.05) is 74.5 Å². The van der Waals surface area contributed by atoms with E-state index >= 15 is 0 Å². The number of aromatic nitrogens is 1. The van der Waals surface area contributed by atoms with Gasteiger partial charge >= 0.3 is 6.03 Å². The van der Waals surface area contributed by atoms with Crippen LogP contribution in [0.5, 0.6) is 5.75 Å². The summed E-state index contributed by atoms with van der Waals surface area (Å²) in [5.41, 5.74) is 22.3. The number of amides is 11. The molecule has 31 heteroatoms. The number of aromatic amines is 1. The van der Waals surface area contributed by atoms with Crippen molar-refractivity contribution in [1.29, 1.82) is 0 Å². The first-order chi connectivity index (χ1) is 43.6. The zero-order chi connectivity index (χ0) is 67.8.